The fourth-order valence-corrected chi connectivity index (χ4v) is 1.71. The van der Waals surface area contributed by atoms with Gasteiger partial charge in [0.15, 0.2) is 5.75 Å². The summed E-state index contributed by atoms with van der Waals surface area (Å²) in [5, 5.41) is 4.30. The van der Waals surface area contributed by atoms with Crippen LogP contribution >= 0.6 is 0 Å². The molecule has 0 fully saturated rings. The molecule has 3 bridgehead atoms. The SMILES string of the molecule is COc1c2cnc3ccc(cc13)N2. The van der Waals surface area contributed by atoms with Crippen LogP contribution in [0.1, 0.15) is 0 Å². The van der Waals surface area contributed by atoms with Gasteiger partial charge in [-0.25, -0.2) is 0 Å². The summed E-state index contributed by atoms with van der Waals surface area (Å²) < 4.78 is 5.30. The van der Waals surface area contributed by atoms with Crippen LogP contribution in [0, 0.1) is 0 Å². The van der Waals surface area contributed by atoms with E-state index >= 15 is 0 Å². The van der Waals surface area contributed by atoms with Crippen molar-refractivity contribution in [1.82, 2.24) is 4.98 Å². The van der Waals surface area contributed by atoms with Gasteiger partial charge in [0.1, 0.15) is 5.69 Å². The quantitative estimate of drug-likeness (QED) is 0.611. The van der Waals surface area contributed by atoms with Gasteiger partial charge in [-0.05, 0) is 18.2 Å². The molecule has 1 aliphatic rings. The van der Waals surface area contributed by atoms with Crippen LogP contribution in [0.2, 0.25) is 0 Å². The van der Waals surface area contributed by atoms with Crippen molar-refractivity contribution in [3.05, 3.63) is 24.4 Å². The highest BCUT2D eigenvalue weighted by atomic mass is 16.5. The van der Waals surface area contributed by atoms with Crippen LogP contribution < -0.4 is 10.1 Å². The summed E-state index contributed by atoms with van der Waals surface area (Å²) in [5.74, 6) is 0.887. The molecule has 13 heavy (non-hydrogen) atoms. The molecule has 0 saturated carbocycles. The molecule has 3 heteroatoms. The van der Waals surface area contributed by atoms with Crippen molar-refractivity contribution in [3.8, 4) is 5.75 Å². The molecule has 2 aromatic rings. The lowest BCUT2D eigenvalue weighted by atomic mass is 10.1. The number of benzene rings is 1. The van der Waals surface area contributed by atoms with Crippen LogP contribution in [0.15, 0.2) is 24.4 Å². The third-order valence-corrected chi connectivity index (χ3v) is 2.30. The lowest BCUT2D eigenvalue weighted by molar-refractivity contribution is 0.421. The van der Waals surface area contributed by atoms with E-state index in [1.165, 1.54) is 0 Å². The summed E-state index contributed by atoms with van der Waals surface area (Å²) in [7, 11) is 1.68. The number of pyridine rings is 1. The Bertz CT molecular complexity index is 488. The molecule has 0 unspecified atom stereocenters. The van der Waals surface area contributed by atoms with Gasteiger partial charge in [0.25, 0.3) is 0 Å². The van der Waals surface area contributed by atoms with Gasteiger partial charge in [-0.2, -0.15) is 0 Å². The Hall–Kier alpha value is -1.77. The zero-order valence-corrected chi connectivity index (χ0v) is 7.16. The molecule has 3 nitrogen and oxygen atoms in total. The first-order valence-electron chi connectivity index (χ1n) is 4.12. The third-order valence-electron chi connectivity index (χ3n) is 2.30. The summed E-state index contributed by atoms with van der Waals surface area (Å²) in [6.07, 6.45) is 1.80. The van der Waals surface area contributed by atoms with Crippen molar-refractivity contribution in [3.63, 3.8) is 0 Å². The molecular formula is C10H8N2O. The number of nitrogens with one attached hydrogen (secondary N) is 1. The molecule has 0 amide bonds. The Kier molecular flexibility index (Phi) is 1.10. The molecule has 3 rings (SSSR count). The summed E-state index contributed by atoms with van der Waals surface area (Å²) in [6.45, 7) is 0. The molecule has 0 spiro atoms. The van der Waals surface area contributed by atoms with E-state index in [0.29, 0.717) is 0 Å². The predicted molar refractivity (Wildman–Crippen MR) is 51.6 cm³/mol. The minimum Gasteiger partial charge on any atom is -0.494 e. The van der Waals surface area contributed by atoms with Crippen LogP contribution in [-0.4, -0.2) is 12.1 Å². The number of hydrogen-bond donors (Lipinski definition) is 1. The fraction of sp³-hybridized carbons (Fsp3) is 0.100. The Morgan fingerprint density at radius 1 is 1.38 bits per heavy atom. The van der Waals surface area contributed by atoms with E-state index in [4.69, 9.17) is 4.74 Å². The van der Waals surface area contributed by atoms with Crippen molar-refractivity contribution < 1.29 is 4.74 Å². The highest BCUT2D eigenvalue weighted by Crippen LogP contribution is 2.39. The monoisotopic (exact) mass is 172 g/mol. The average Bonchev–Trinajstić information content (AvgIpc) is 2.13. The minimum absolute atomic E-state index is 0.887. The highest BCUT2D eigenvalue weighted by Gasteiger charge is 2.14. The van der Waals surface area contributed by atoms with Crippen LogP contribution in [-0.2, 0) is 0 Å². The van der Waals surface area contributed by atoms with Gasteiger partial charge in [-0.15, -0.1) is 0 Å². The normalized spacial score (nSPS) is 12.1. The number of fused-ring (bicyclic) bond motifs is 2. The fourth-order valence-electron chi connectivity index (χ4n) is 1.71. The third kappa shape index (κ3) is 0.758. The maximum atomic E-state index is 5.30. The lowest BCUT2D eigenvalue weighted by Gasteiger charge is -2.18. The highest BCUT2D eigenvalue weighted by molar-refractivity contribution is 5.97. The minimum atomic E-state index is 0.887. The Morgan fingerprint density at radius 3 is 3.15 bits per heavy atom. The smallest absolute Gasteiger partial charge is 0.153 e. The Morgan fingerprint density at radius 2 is 2.31 bits per heavy atom. The van der Waals surface area contributed by atoms with E-state index < -0.39 is 0 Å². The number of nitrogens with zero attached hydrogens (tertiary/aromatic N) is 1. The van der Waals surface area contributed by atoms with Crippen molar-refractivity contribution in [2.75, 3.05) is 12.4 Å². The van der Waals surface area contributed by atoms with Crippen molar-refractivity contribution in [2.45, 2.75) is 0 Å². The van der Waals surface area contributed by atoms with Crippen LogP contribution in [0.4, 0.5) is 11.4 Å². The molecule has 0 radical (unpaired) electrons. The zero-order chi connectivity index (χ0) is 8.84. The standard InChI is InChI=1S/C10H8N2O/c1-13-10-7-4-6-2-3-8(7)11-5-9(10)12-6/h2-5,12H,1H3. The summed E-state index contributed by atoms with van der Waals surface area (Å²) >= 11 is 0. The van der Waals surface area contributed by atoms with Gasteiger partial charge in [-0.3, -0.25) is 4.98 Å². The van der Waals surface area contributed by atoms with E-state index in [0.717, 1.165) is 28.0 Å². The summed E-state index contributed by atoms with van der Waals surface area (Å²) in [6, 6.07) is 6.05. The Labute approximate surface area is 75.4 Å². The van der Waals surface area contributed by atoms with Gasteiger partial charge in [0.2, 0.25) is 0 Å². The second-order valence-electron chi connectivity index (χ2n) is 3.06. The summed E-state index contributed by atoms with van der Waals surface area (Å²) in [5.41, 5.74) is 3.02. The summed E-state index contributed by atoms with van der Waals surface area (Å²) in [4.78, 5) is 4.29. The number of rotatable bonds is 1. The average molecular weight is 172 g/mol. The van der Waals surface area contributed by atoms with E-state index in [1.54, 1.807) is 13.3 Å². The van der Waals surface area contributed by atoms with Crippen LogP contribution in [0.25, 0.3) is 10.9 Å². The molecule has 1 N–H and O–H groups in total. The van der Waals surface area contributed by atoms with Crippen LogP contribution in [0.3, 0.4) is 0 Å². The first kappa shape index (κ1) is 6.71. The largest absolute Gasteiger partial charge is 0.494 e. The number of ether oxygens (including phenoxy) is 1. The van der Waals surface area contributed by atoms with Gasteiger partial charge in [0, 0.05) is 11.1 Å². The molecular weight excluding hydrogens is 164 g/mol. The van der Waals surface area contributed by atoms with Gasteiger partial charge < -0.3 is 10.1 Å². The number of aromatic nitrogens is 1. The molecule has 1 aromatic carbocycles. The Balaban J connectivity index is 2.54. The maximum Gasteiger partial charge on any atom is 0.153 e. The molecule has 0 atom stereocenters. The van der Waals surface area contributed by atoms with E-state index in [9.17, 15) is 0 Å². The van der Waals surface area contributed by atoms with Crippen molar-refractivity contribution in [1.29, 1.82) is 0 Å². The van der Waals surface area contributed by atoms with Crippen molar-refractivity contribution >= 4 is 22.3 Å². The molecule has 64 valence electrons. The molecule has 2 heterocycles. The second kappa shape index (κ2) is 2.13. The van der Waals surface area contributed by atoms with E-state index in [1.807, 2.05) is 18.2 Å². The number of methoxy groups -OCH3 is 1. The van der Waals surface area contributed by atoms with Crippen molar-refractivity contribution in [2.24, 2.45) is 0 Å². The molecule has 0 saturated heterocycles. The zero-order valence-electron chi connectivity index (χ0n) is 7.16. The van der Waals surface area contributed by atoms with Gasteiger partial charge in [0.05, 0.1) is 18.8 Å². The van der Waals surface area contributed by atoms with Gasteiger partial charge >= 0.3 is 0 Å². The maximum absolute atomic E-state index is 5.30. The van der Waals surface area contributed by atoms with E-state index in [-0.39, 0.29) is 0 Å². The molecule has 1 aliphatic heterocycles. The molecule has 0 aliphatic carbocycles. The van der Waals surface area contributed by atoms with Crippen LogP contribution in [0.5, 0.6) is 5.75 Å². The topological polar surface area (TPSA) is 34.1 Å². The van der Waals surface area contributed by atoms with Gasteiger partial charge in [-0.1, -0.05) is 0 Å². The first-order chi connectivity index (χ1) is 6.38. The molecule has 1 aromatic heterocycles. The number of anilines is 2. The lowest BCUT2D eigenvalue weighted by Crippen LogP contribution is -2.01. The number of hydrogen-bond acceptors (Lipinski definition) is 3. The predicted octanol–water partition coefficient (Wildman–Crippen LogP) is 2.30. The van der Waals surface area contributed by atoms with E-state index in [2.05, 4.69) is 10.3 Å². The second-order valence-corrected chi connectivity index (χ2v) is 3.06. The first-order valence-corrected chi connectivity index (χ1v) is 4.12.